The smallest absolute Gasteiger partial charge is 0.169 e. The van der Waals surface area contributed by atoms with Gasteiger partial charge in [0.2, 0.25) is 0 Å². The highest BCUT2D eigenvalue weighted by Gasteiger charge is 2.23. The average Bonchev–Trinajstić information content (AvgIpc) is 2.79. The van der Waals surface area contributed by atoms with Gasteiger partial charge in [-0.25, -0.2) is 0 Å². The van der Waals surface area contributed by atoms with Crippen LogP contribution in [-0.4, -0.2) is 15.3 Å². The van der Waals surface area contributed by atoms with E-state index in [-0.39, 0.29) is 17.2 Å². The fraction of sp³-hybridized carbons (Fsp3) is 0.172. The quantitative estimate of drug-likeness (QED) is 0.289. The Labute approximate surface area is 200 Å². The Morgan fingerprint density at radius 1 is 0.529 bits per heavy atom. The molecule has 5 heteroatoms. The number of phenols is 3. The maximum atomic E-state index is 10.6. The van der Waals surface area contributed by atoms with Crippen LogP contribution in [0.5, 0.6) is 28.7 Å². The van der Waals surface area contributed by atoms with E-state index in [0.29, 0.717) is 11.5 Å². The summed E-state index contributed by atoms with van der Waals surface area (Å²) in [5.74, 6) is 1.48. The number of para-hydroxylation sites is 3. The largest absolute Gasteiger partial charge is 0.508 e. The van der Waals surface area contributed by atoms with Crippen molar-refractivity contribution >= 4 is 17.1 Å². The standard InChI is InChI=1S/C29H29NO4/c1-17-9-8-12-28(29(17)33)34-27-11-7-6-10-22(27)30(23-13-20(4)25(31)15-18(23)2)24-14-21(5)26(32)16-19(24)3/h6-16,31-33H,1-5H3. The van der Waals surface area contributed by atoms with Gasteiger partial charge < -0.3 is 25.0 Å². The van der Waals surface area contributed by atoms with Crippen molar-refractivity contribution in [1.29, 1.82) is 0 Å². The van der Waals surface area contributed by atoms with Crippen molar-refractivity contribution < 1.29 is 20.1 Å². The van der Waals surface area contributed by atoms with Crippen LogP contribution in [0.1, 0.15) is 27.8 Å². The predicted octanol–water partition coefficient (Wildman–Crippen LogP) is 7.61. The molecule has 0 heterocycles. The van der Waals surface area contributed by atoms with Crippen molar-refractivity contribution in [2.45, 2.75) is 34.6 Å². The summed E-state index contributed by atoms with van der Waals surface area (Å²) in [7, 11) is 0. The van der Waals surface area contributed by atoms with Gasteiger partial charge in [0.15, 0.2) is 17.2 Å². The third-order valence-electron chi connectivity index (χ3n) is 6.04. The SMILES string of the molecule is Cc1cc(N(c2cc(C)c(O)cc2C)c2ccccc2Oc2cccc(C)c2O)c(C)cc1O. The van der Waals surface area contributed by atoms with Gasteiger partial charge in [0.1, 0.15) is 11.5 Å². The molecule has 0 radical (unpaired) electrons. The summed E-state index contributed by atoms with van der Waals surface area (Å²) in [5.41, 5.74) is 6.46. The molecule has 0 atom stereocenters. The second-order valence-electron chi connectivity index (χ2n) is 8.68. The Kier molecular flexibility index (Phi) is 6.12. The van der Waals surface area contributed by atoms with Gasteiger partial charge in [-0.3, -0.25) is 0 Å². The van der Waals surface area contributed by atoms with Crippen molar-refractivity contribution in [2.75, 3.05) is 4.90 Å². The lowest BCUT2D eigenvalue weighted by atomic mass is 10.0. The molecule has 0 aliphatic rings. The third-order valence-corrected chi connectivity index (χ3v) is 6.04. The molecular weight excluding hydrogens is 426 g/mol. The van der Waals surface area contributed by atoms with E-state index in [4.69, 9.17) is 4.74 Å². The zero-order chi connectivity index (χ0) is 24.6. The number of hydrogen-bond donors (Lipinski definition) is 3. The minimum Gasteiger partial charge on any atom is -0.508 e. The van der Waals surface area contributed by atoms with Crippen LogP contribution < -0.4 is 9.64 Å². The minimum absolute atomic E-state index is 0.0946. The van der Waals surface area contributed by atoms with Crippen LogP contribution in [-0.2, 0) is 0 Å². The maximum absolute atomic E-state index is 10.6. The van der Waals surface area contributed by atoms with Gasteiger partial charge in [-0.1, -0.05) is 24.3 Å². The molecule has 0 fully saturated rings. The van der Waals surface area contributed by atoms with Crippen LogP contribution in [0.3, 0.4) is 0 Å². The molecule has 0 bridgehead atoms. The zero-order valence-corrected chi connectivity index (χ0v) is 20.0. The third kappa shape index (κ3) is 4.25. The summed E-state index contributed by atoms with van der Waals surface area (Å²) < 4.78 is 6.24. The number of hydrogen-bond acceptors (Lipinski definition) is 5. The summed E-state index contributed by atoms with van der Waals surface area (Å²) >= 11 is 0. The molecule has 0 aliphatic heterocycles. The summed E-state index contributed by atoms with van der Waals surface area (Å²) in [6, 6.07) is 20.4. The van der Waals surface area contributed by atoms with Gasteiger partial charge in [0, 0.05) is 11.4 Å². The van der Waals surface area contributed by atoms with Crippen molar-refractivity contribution in [3.8, 4) is 28.7 Å². The molecule has 5 nitrogen and oxygen atoms in total. The molecular formula is C29H29NO4. The summed E-state index contributed by atoms with van der Waals surface area (Å²) in [6.07, 6.45) is 0. The molecule has 4 aromatic rings. The highest BCUT2D eigenvalue weighted by atomic mass is 16.5. The molecule has 0 saturated heterocycles. The summed E-state index contributed by atoms with van der Waals surface area (Å²) in [6.45, 7) is 9.43. The highest BCUT2D eigenvalue weighted by Crippen LogP contribution is 2.46. The first-order valence-corrected chi connectivity index (χ1v) is 11.1. The van der Waals surface area contributed by atoms with Crippen LogP contribution in [0.2, 0.25) is 0 Å². The molecule has 0 amide bonds. The Balaban J connectivity index is 1.97. The second-order valence-corrected chi connectivity index (χ2v) is 8.68. The number of anilines is 3. The van der Waals surface area contributed by atoms with Gasteiger partial charge in [0.05, 0.1) is 5.69 Å². The van der Waals surface area contributed by atoms with E-state index in [0.717, 1.165) is 44.9 Å². The van der Waals surface area contributed by atoms with Crippen LogP contribution in [0.4, 0.5) is 17.1 Å². The normalized spacial score (nSPS) is 10.9. The zero-order valence-electron chi connectivity index (χ0n) is 20.0. The lowest BCUT2D eigenvalue weighted by Gasteiger charge is -2.31. The minimum atomic E-state index is 0.0946. The van der Waals surface area contributed by atoms with Gasteiger partial charge in [0.25, 0.3) is 0 Å². The Morgan fingerprint density at radius 3 is 1.65 bits per heavy atom. The van der Waals surface area contributed by atoms with Gasteiger partial charge in [-0.15, -0.1) is 0 Å². The molecule has 4 rings (SSSR count). The van der Waals surface area contributed by atoms with E-state index in [9.17, 15) is 15.3 Å². The van der Waals surface area contributed by atoms with Crippen molar-refractivity contribution in [2.24, 2.45) is 0 Å². The van der Waals surface area contributed by atoms with Gasteiger partial charge >= 0.3 is 0 Å². The molecule has 4 aromatic carbocycles. The molecule has 0 spiro atoms. The van der Waals surface area contributed by atoms with Crippen LogP contribution in [0, 0.1) is 34.6 Å². The second kappa shape index (κ2) is 9.02. The summed E-state index contributed by atoms with van der Waals surface area (Å²) in [5, 5.41) is 31.1. The Bertz CT molecular complexity index is 1320. The van der Waals surface area contributed by atoms with E-state index in [1.54, 1.807) is 18.2 Å². The molecule has 0 saturated carbocycles. The number of benzene rings is 4. The summed E-state index contributed by atoms with van der Waals surface area (Å²) in [4.78, 5) is 2.06. The van der Waals surface area contributed by atoms with Crippen LogP contribution in [0.25, 0.3) is 0 Å². The van der Waals surface area contributed by atoms with Gasteiger partial charge in [-0.2, -0.15) is 0 Å². The average molecular weight is 456 g/mol. The number of aryl methyl sites for hydroxylation is 5. The molecule has 0 aromatic heterocycles. The van der Waals surface area contributed by atoms with E-state index >= 15 is 0 Å². The highest BCUT2D eigenvalue weighted by molar-refractivity contribution is 5.84. The molecule has 0 unspecified atom stereocenters. The lowest BCUT2D eigenvalue weighted by Crippen LogP contribution is -2.14. The fourth-order valence-corrected chi connectivity index (χ4v) is 4.00. The lowest BCUT2D eigenvalue weighted by molar-refractivity contribution is 0.409. The van der Waals surface area contributed by atoms with E-state index < -0.39 is 0 Å². The Hall–Kier alpha value is -4.12. The van der Waals surface area contributed by atoms with Gasteiger partial charge in [-0.05, 0) is 105 Å². The number of ether oxygens (including phenoxy) is 1. The van der Waals surface area contributed by atoms with Crippen molar-refractivity contribution in [3.63, 3.8) is 0 Å². The van der Waals surface area contributed by atoms with E-state index in [1.807, 2.05) is 83.1 Å². The van der Waals surface area contributed by atoms with Crippen molar-refractivity contribution in [3.05, 3.63) is 94.5 Å². The first-order chi connectivity index (χ1) is 16.2. The Morgan fingerprint density at radius 2 is 1.06 bits per heavy atom. The monoisotopic (exact) mass is 455 g/mol. The number of rotatable bonds is 5. The predicted molar refractivity (Wildman–Crippen MR) is 136 cm³/mol. The first kappa shape index (κ1) is 23.1. The van der Waals surface area contributed by atoms with Crippen molar-refractivity contribution in [1.82, 2.24) is 0 Å². The van der Waals surface area contributed by atoms with Crippen LogP contribution >= 0.6 is 0 Å². The number of phenolic OH excluding ortho intramolecular Hbond substituents is 3. The molecule has 0 aliphatic carbocycles. The van der Waals surface area contributed by atoms with E-state index in [2.05, 4.69) is 4.90 Å². The molecule has 174 valence electrons. The molecule has 3 N–H and O–H groups in total. The van der Waals surface area contributed by atoms with Crippen LogP contribution in [0.15, 0.2) is 66.7 Å². The topological polar surface area (TPSA) is 73.2 Å². The maximum Gasteiger partial charge on any atom is 0.169 e. The fourth-order valence-electron chi connectivity index (χ4n) is 4.00. The number of aromatic hydroxyl groups is 3. The van der Waals surface area contributed by atoms with E-state index in [1.165, 1.54) is 0 Å². The molecule has 34 heavy (non-hydrogen) atoms. The first-order valence-electron chi connectivity index (χ1n) is 11.1. The number of nitrogens with zero attached hydrogens (tertiary/aromatic N) is 1.